The van der Waals surface area contributed by atoms with Gasteiger partial charge in [-0.3, -0.25) is 14.4 Å². The van der Waals surface area contributed by atoms with Gasteiger partial charge in [0.2, 0.25) is 0 Å². The first-order chi connectivity index (χ1) is 20.0. The van der Waals surface area contributed by atoms with Crippen molar-refractivity contribution in [3.63, 3.8) is 0 Å². The summed E-state index contributed by atoms with van der Waals surface area (Å²) in [7, 11) is 0. The van der Waals surface area contributed by atoms with Gasteiger partial charge in [0.25, 0.3) is 0 Å². The van der Waals surface area contributed by atoms with Crippen LogP contribution in [-0.2, 0) is 0 Å². The highest BCUT2D eigenvalue weighted by atomic mass is 19.1. The van der Waals surface area contributed by atoms with Gasteiger partial charge in [0.15, 0.2) is 17.3 Å². The summed E-state index contributed by atoms with van der Waals surface area (Å²) in [5.74, 6) is -1.65. The lowest BCUT2D eigenvalue weighted by Crippen LogP contribution is -2.48. The van der Waals surface area contributed by atoms with Gasteiger partial charge in [-0.2, -0.15) is 0 Å². The number of rotatable bonds is 5. The maximum atomic E-state index is 14.7. The summed E-state index contributed by atoms with van der Waals surface area (Å²) in [6.07, 6.45) is 3.55. The molecule has 3 atom stereocenters. The van der Waals surface area contributed by atoms with Crippen LogP contribution in [0, 0.1) is 11.2 Å². The van der Waals surface area contributed by atoms with Crippen LogP contribution in [0.4, 0.5) is 10.1 Å². The SMILES string of the molecule is CCOc1ccccc1[C@@H]1[C@H](C(=O)c2ccccc2)N2c3ccc(F)cc3C=C[C@@H]2C12C(=O)c1ccccc1C2=O. The monoisotopic (exact) mass is 543 g/mol. The van der Waals surface area contributed by atoms with Crippen molar-refractivity contribution in [2.75, 3.05) is 11.5 Å². The maximum absolute atomic E-state index is 14.7. The third-order valence-corrected chi connectivity index (χ3v) is 8.65. The zero-order valence-electron chi connectivity index (χ0n) is 22.3. The number of carbonyl (C=O) groups excluding carboxylic acids is 3. The molecule has 1 fully saturated rings. The molecule has 0 N–H and O–H groups in total. The Morgan fingerprint density at radius 1 is 0.878 bits per heavy atom. The molecule has 6 heteroatoms. The van der Waals surface area contributed by atoms with E-state index in [0.717, 1.165) is 0 Å². The van der Waals surface area contributed by atoms with Crippen molar-refractivity contribution in [3.8, 4) is 5.75 Å². The van der Waals surface area contributed by atoms with Gasteiger partial charge in [-0.05, 0) is 31.2 Å². The van der Waals surface area contributed by atoms with E-state index in [2.05, 4.69) is 0 Å². The fraction of sp³-hybridized carbons (Fsp3) is 0.171. The second-order valence-electron chi connectivity index (χ2n) is 10.6. The number of benzene rings is 4. The first kappa shape index (κ1) is 25.1. The second-order valence-corrected chi connectivity index (χ2v) is 10.6. The normalized spacial score (nSPS) is 21.5. The van der Waals surface area contributed by atoms with Crippen molar-refractivity contribution < 1.29 is 23.5 Å². The Hall–Kier alpha value is -4.84. The van der Waals surface area contributed by atoms with E-state index in [-0.39, 0.29) is 17.3 Å². The number of para-hydroxylation sites is 1. The number of ether oxygens (including phenoxy) is 1. The molecule has 0 radical (unpaired) electrons. The van der Waals surface area contributed by atoms with Gasteiger partial charge in [-0.1, -0.05) is 84.9 Å². The first-order valence-electron chi connectivity index (χ1n) is 13.7. The van der Waals surface area contributed by atoms with Crippen LogP contribution in [0.2, 0.25) is 0 Å². The van der Waals surface area contributed by atoms with E-state index in [1.165, 1.54) is 12.1 Å². The van der Waals surface area contributed by atoms with Crippen LogP contribution >= 0.6 is 0 Å². The zero-order valence-corrected chi connectivity index (χ0v) is 22.3. The van der Waals surface area contributed by atoms with Crippen molar-refractivity contribution in [1.82, 2.24) is 0 Å². The van der Waals surface area contributed by atoms with Crippen LogP contribution in [0.1, 0.15) is 55.0 Å². The molecule has 7 rings (SSSR count). The summed E-state index contributed by atoms with van der Waals surface area (Å²) in [5, 5.41) is 0. The van der Waals surface area contributed by atoms with Crippen LogP contribution < -0.4 is 9.64 Å². The Kier molecular flexibility index (Phi) is 5.75. The fourth-order valence-corrected chi connectivity index (χ4v) is 7.09. The van der Waals surface area contributed by atoms with Gasteiger partial charge < -0.3 is 9.64 Å². The number of ketones is 3. The van der Waals surface area contributed by atoms with E-state index in [4.69, 9.17) is 4.74 Å². The van der Waals surface area contributed by atoms with E-state index in [1.807, 2.05) is 42.2 Å². The highest BCUT2D eigenvalue weighted by Crippen LogP contribution is 2.62. The summed E-state index contributed by atoms with van der Waals surface area (Å²) in [6, 6.07) is 25.7. The van der Waals surface area contributed by atoms with Crippen molar-refractivity contribution in [2.45, 2.75) is 24.9 Å². The molecule has 0 aromatic heterocycles. The third-order valence-electron chi connectivity index (χ3n) is 8.65. The minimum absolute atomic E-state index is 0.231. The molecule has 4 aromatic rings. The minimum Gasteiger partial charge on any atom is -0.494 e. The van der Waals surface area contributed by atoms with Gasteiger partial charge in [0.1, 0.15) is 23.0 Å². The standard InChI is InChI=1S/C35H26FNO4/c1-2-41-28-15-9-8-14-26(28)30-31(32(38)21-10-4-3-5-11-21)37-27-18-17-23(36)20-22(27)16-19-29(37)35(30)33(39)24-12-6-7-13-25(24)34(35)40/h3-20,29-31H,2H2,1H3/t29-,30-,31-/m1/s1. The molecule has 3 aliphatic rings. The molecule has 2 aliphatic heterocycles. The van der Waals surface area contributed by atoms with Crippen LogP contribution in [0.5, 0.6) is 5.75 Å². The number of halogens is 1. The lowest BCUT2D eigenvalue weighted by Gasteiger charge is -2.37. The van der Waals surface area contributed by atoms with Crippen molar-refractivity contribution in [3.05, 3.63) is 137 Å². The van der Waals surface area contributed by atoms with E-state index >= 15 is 0 Å². The van der Waals surface area contributed by atoms with Gasteiger partial charge in [-0.15, -0.1) is 0 Å². The summed E-state index contributed by atoms with van der Waals surface area (Å²) in [4.78, 5) is 46.0. The molecular weight excluding hydrogens is 517 g/mol. The number of anilines is 1. The van der Waals surface area contributed by atoms with Crippen LogP contribution in [0.15, 0.2) is 103 Å². The maximum Gasteiger partial charge on any atom is 0.185 e. The van der Waals surface area contributed by atoms with Crippen molar-refractivity contribution >= 4 is 29.1 Å². The van der Waals surface area contributed by atoms with Crippen molar-refractivity contribution in [1.29, 1.82) is 0 Å². The van der Waals surface area contributed by atoms with Crippen LogP contribution in [0.25, 0.3) is 6.08 Å². The highest BCUT2D eigenvalue weighted by Gasteiger charge is 2.71. The summed E-state index contributed by atoms with van der Waals surface area (Å²) in [5.41, 5.74) is 1.31. The zero-order chi connectivity index (χ0) is 28.3. The summed E-state index contributed by atoms with van der Waals surface area (Å²) in [6.45, 7) is 2.23. The number of hydrogen-bond acceptors (Lipinski definition) is 5. The third kappa shape index (κ3) is 3.43. The lowest BCUT2D eigenvalue weighted by molar-refractivity contribution is 0.0664. The van der Waals surface area contributed by atoms with E-state index in [0.29, 0.717) is 45.9 Å². The second kappa shape index (κ2) is 9.37. The Bertz CT molecular complexity index is 1730. The molecule has 0 unspecified atom stereocenters. The quantitative estimate of drug-likeness (QED) is 0.211. The topological polar surface area (TPSA) is 63.7 Å². The molecule has 5 nitrogen and oxygen atoms in total. The van der Waals surface area contributed by atoms with Gasteiger partial charge >= 0.3 is 0 Å². The molecule has 202 valence electrons. The number of hydrogen-bond donors (Lipinski definition) is 0. The molecule has 0 bridgehead atoms. The van der Waals surface area contributed by atoms with Gasteiger partial charge in [0.05, 0.1) is 12.6 Å². The lowest BCUT2D eigenvalue weighted by atomic mass is 9.64. The van der Waals surface area contributed by atoms with Gasteiger partial charge in [0, 0.05) is 39.4 Å². The number of Topliss-reactive ketones (excluding diaryl/α,β-unsaturated/α-hetero) is 3. The Labute approximate surface area is 236 Å². The fourth-order valence-electron chi connectivity index (χ4n) is 7.09. The van der Waals surface area contributed by atoms with Gasteiger partial charge in [-0.25, -0.2) is 4.39 Å². The average molecular weight is 544 g/mol. The number of fused-ring (bicyclic) bond motifs is 5. The summed E-state index contributed by atoms with van der Waals surface area (Å²) >= 11 is 0. The van der Waals surface area contributed by atoms with Crippen molar-refractivity contribution in [2.24, 2.45) is 5.41 Å². The molecule has 4 aromatic carbocycles. The van der Waals surface area contributed by atoms with E-state index < -0.39 is 29.2 Å². The van der Waals surface area contributed by atoms with Crippen LogP contribution in [0.3, 0.4) is 0 Å². The largest absolute Gasteiger partial charge is 0.494 e. The molecule has 0 amide bonds. The Morgan fingerprint density at radius 3 is 2.24 bits per heavy atom. The van der Waals surface area contributed by atoms with E-state index in [9.17, 15) is 18.8 Å². The Balaban J connectivity index is 1.57. The molecule has 1 aliphatic carbocycles. The van der Waals surface area contributed by atoms with E-state index in [1.54, 1.807) is 66.7 Å². The summed E-state index contributed by atoms with van der Waals surface area (Å²) < 4.78 is 20.4. The number of carbonyl (C=O) groups is 3. The predicted molar refractivity (Wildman–Crippen MR) is 154 cm³/mol. The molecule has 41 heavy (non-hydrogen) atoms. The predicted octanol–water partition coefficient (Wildman–Crippen LogP) is 6.54. The number of nitrogens with zero attached hydrogens (tertiary/aromatic N) is 1. The Morgan fingerprint density at radius 2 is 1.54 bits per heavy atom. The molecule has 1 saturated heterocycles. The molecule has 0 saturated carbocycles. The minimum atomic E-state index is -1.64. The molecular formula is C35H26FNO4. The molecule has 1 spiro atoms. The van der Waals surface area contributed by atoms with Crippen LogP contribution in [-0.4, -0.2) is 36.0 Å². The highest BCUT2D eigenvalue weighted by molar-refractivity contribution is 6.32. The smallest absolute Gasteiger partial charge is 0.185 e. The first-order valence-corrected chi connectivity index (χ1v) is 13.7. The average Bonchev–Trinajstić information content (AvgIpc) is 3.43. The molecule has 2 heterocycles.